The maximum absolute atomic E-state index is 5.73. The Labute approximate surface area is 164 Å². The van der Waals surface area contributed by atoms with Crippen LogP contribution < -0.4 is 0 Å². The first-order valence-electron chi connectivity index (χ1n) is 10.3. The third-order valence-electron chi connectivity index (χ3n) is 5.76. The van der Waals surface area contributed by atoms with Crippen molar-refractivity contribution in [3.8, 4) is 0 Å². The van der Waals surface area contributed by atoms with Gasteiger partial charge in [-0.25, -0.2) is 0 Å². The predicted molar refractivity (Wildman–Crippen MR) is 116 cm³/mol. The number of rotatable bonds is 8. The smallest absolute Gasteiger partial charge is 0.0717 e. The van der Waals surface area contributed by atoms with Crippen LogP contribution in [0.4, 0.5) is 0 Å². The van der Waals surface area contributed by atoms with E-state index in [-0.39, 0.29) is 0 Å². The highest BCUT2D eigenvalue weighted by molar-refractivity contribution is 5.47. The van der Waals surface area contributed by atoms with Crippen LogP contribution in [-0.4, -0.2) is 6.61 Å². The molecule has 0 saturated heterocycles. The standard InChI is InChI=1S/C26H32O/c1-3-5-6-19-27-20-22-9-13-24(14-10-22)26-17-15-25(16-18-26)23-11-7-21(4-2)8-12-23/h3-5,7-14,25-26H,2,6,15-20H2,1H3/t25-,26-. The van der Waals surface area contributed by atoms with Crippen LogP contribution in [-0.2, 0) is 11.3 Å². The highest BCUT2D eigenvalue weighted by Gasteiger charge is 2.23. The Morgan fingerprint density at radius 1 is 0.889 bits per heavy atom. The summed E-state index contributed by atoms with van der Waals surface area (Å²) in [4.78, 5) is 0. The average Bonchev–Trinajstić information content (AvgIpc) is 2.74. The molecule has 0 spiro atoms. The minimum absolute atomic E-state index is 0.707. The van der Waals surface area contributed by atoms with E-state index in [1.807, 2.05) is 13.0 Å². The van der Waals surface area contributed by atoms with Crippen LogP contribution in [0.15, 0.2) is 67.3 Å². The Hall–Kier alpha value is -2.12. The number of hydrogen-bond acceptors (Lipinski definition) is 1. The van der Waals surface area contributed by atoms with Crippen LogP contribution in [0.5, 0.6) is 0 Å². The molecular formula is C26H32O. The molecule has 0 N–H and O–H groups in total. The van der Waals surface area contributed by atoms with E-state index in [1.165, 1.54) is 47.9 Å². The highest BCUT2D eigenvalue weighted by Crippen LogP contribution is 2.40. The molecule has 1 fully saturated rings. The lowest BCUT2D eigenvalue weighted by molar-refractivity contribution is 0.125. The Kier molecular flexibility index (Phi) is 7.47. The van der Waals surface area contributed by atoms with Crippen LogP contribution in [0.25, 0.3) is 6.08 Å². The van der Waals surface area contributed by atoms with Crippen molar-refractivity contribution >= 4 is 6.08 Å². The Morgan fingerprint density at radius 2 is 1.44 bits per heavy atom. The summed E-state index contributed by atoms with van der Waals surface area (Å²) in [6.45, 7) is 7.40. The molecule has 0 atom stereocenters. The summed E-state index contributed by atoms with van der Waals surface area (Å²) in [6, 6.07) is 18.1. The second kappa shape index (κ2) is 10.3. The molecule has 2 aromatic carbocycles. The van der Waals surface area contributed by atoms with Gasteiger partial charge in [-0.1, -0.05) is 73.3 Å². The summed E-state index contributed by atoms with van der Waals surface area (Å²) in [6.07, 6.45) is 12.3. The van der Waals surface area contributed by atoms with Gasteiger partial charge in [0.25, 0.3) is 0 Å². The van der Waals surface area contributed by atoms with Crippen molar-refractivity contribution in [3.63, 3.8) is 0 Å². The second-order valence-corrected chi connectivity index (χ2v) is 7.57. The van der Waals surface area contributed by atoms with Crippen LogP contribution in [0, 0.1) is 0 Å². The van der Waals surface area contributed by atoms with Crippen LogP contribution in [0.1, 0.15) is 73.1 Å². The largest absolute Gasteiger partial charge is 0.376 e. The molecule has 0 radical (unpaired) electrons. The van der Waals surface area contributed by atoms with Crippen molar-refractivity contribution in [3.05, 3.63) is 89.5 Å². The van der Waals surface area contributed by atoms with E-state index in [0.717, 1.165) is 13.0 Å². The first kappa shape index (κ1) is 19.6. The molecule has 0 unspecified atom stereocenters. The summed E-state index contributed by atoms with van der Waals surface area (Å²) in [5.74, 6) is 1.42. The van der Waals surface area contributed by atoms with Crippen molar-refractivity contribution in [2.75, 3.05) is 6.61 Å². The third kappa shape index (κ3) is 5.68. The molecule has 2 aromatic rings. The van der Waals surface area contributed by atoms with Crippen molar-refractivity contribution in [2.45, 2.75) is 57.5 Å². The predicted octanol–water partition coefficient (Wildman–Crippen LogP) is 7.25. The van der Waals surface area contributed by atoms with E-state index < -0.39 is 0 Å². The molecule has 1 saturated carbocycles. The molecule has 0 aliphatic heterocycles. The van der Waals surface area contributed by atoms with Crippen molar-refractivity contribution in [2.24, 2.45) is 0 Å². The summed E-state index contributed by atoms with van der Waals surface area (Å²) < 4.78 is 5.73. The van der Waals surface area contributed by atoms with Gasteiger partial charge in [-0.2, -0.15) is 0 Å². The number of allylic oxidation sites excluding steroid dienone is 1. The van der Waals surface area contributed by atoms with Crippen molar-refractivity contribution in [1.82, 2.24) is 0 Å². The molecule has 0 heterocycles. The number of hydrogen-bond donors (Lipinski definition) is 0. The third-order valence-corrected chi connectivity index (χ3v) is 5.76. The maximum Gasteiger partial charge on any atom is 0.0717 e. The Morgan fingerprint density at radius 3 is 1.96 bits per heavy atom. The van der Waals surface area contributed by atoms with E-state index in [4.69, 9.17) is 4.74 Å². The van der Waals surface area contributed by atoms with Crippen LogP contribution >= 0.6 is 0 Å². The zero-order valence-corrected chi connectivity index (χ0v) is 16.6. The Balaban J connectivity index is 1.48. The van der Waals surface area contributed by atoms with Gasteiger partial charge >= 0.3 is 0 Å². The van der Waals surface area contributed by atoms with Gasteiger partial charge in [0.05, 0.1) is 13.2 Å². The number of benzene rings is 2. The lowest BCUT2D eigenvalue weighted by atomic mass is 9.76. The molecule has 0 amide bonds. The SMILES string of the molecule is C=Cc1ccc([C@H]2CC[C@H](c3ccc(COCCC=CC)cc3)CC2)cc1. The minimum atomic E-state index is 0.707. The van der Waals surface area contributed by atoms with Gasteiger partial charge in [-0.15, -0.1) is 0 Å². The quantitative estimate of drug-likeness (QED) is 0.356. The molecule has 0 aromatic heterocycles. The summed E-state index contributed by atoms with van der Waals surface area (Å²) in [5, 5.41) is 0. The lowest BCUT2D eigenvalue weighted by Crippen LogP contribution is -2.12. The zero-order valence-electron chi connectivity index (χ0n) is 16.6. The molecule has 1 nitrogen and oxygen atoms in total. The van der Waals surface area contributed by atoms with Gasteiger partial charge in [0, 0.05) is 0 Å². The van der Waals surface area contributed by atoms with Gasteiger partial charge in [0.1, 0.15) is 0 Å². The highest BCUT2D eigenvalue weighted by atomic mass is 16.5. The molecule has 27 heavy (non-hydrogen) atoms. The van der Waals surface area contributed by atoms with Gasteiger partial charge < -0.3 is 4.74 Å². The fraction of sp³-hybridized carbons (Fsp3) is 0.385. The molecular weight excluding hydrogens is 328 g/mol. The van der Waals surface area contributed by atoms with E-state index in [1.54, 1.807) is 0 Å². The summed E-state index contributed by atoms with van der Waals surface area (Å²) in [5.41, 5.74) is 5.46. The van der Waals surface area contributed by atoms with Crippen LogP contribution in [0.2, 0.25) is 0 Å². The minimum Gasteiger partial charge on any atom is -0.376 e. The number of ether oxygens (including phenoxy) is 1. The Bertz CT molecular complexity index is 716. The summed E-state index contributed by atoms with van der Waals surface area (Å²) in [7, 11) is 0. The maximum atomic E-state index is 5.73. The average molecular weight is 361 g/mol. The van der Waals surface area contributed by atoms with Gasteiger partial charge in [-0.05, 0) is 73.1 Å². The monoisotopic (exact) mass is 360 g/mol. The van der Waals surface area contributed by atoms with E-state index in [2.05, 4.69) is 67.3 Å². The van der Waals surface area contributed by atoms with Gasteiger partial charge in [0.15, 0.2) is 0 Å². The molecule has 1 aliphatic carbocycles. The first-order valence-corrected chi connectivity index (χ1v) is 10.3. The van der Waals surface area contributed by atoms with Gasteiger partial charge in [0.2, 0.25) is 0 Å². The second-order valence-electron chi connectivity index (χ2n) is 7.57. The molecule has 0 bridgehead atoms. The molecule has 1 heteroatoms. The summed E-state index contributed by atoms with van der Waals surface area (Å²) >= 11 is 0. The topological polar surface area (TPSA) is 9.23 Å². The molecule has 3 rings (SSSR count). The van der Waals surface area contributed by atoms with E-state index in [9.17, 15) is 0 Å². The lowest BCUT2D eigenvalue weighted by Gasteiger charge is -2.29. The molecule has 1 aliphatic rings. The van der Waals surface area contributed by atoms with Gasteiger partial charge in [-0.3, -0.25) is 0 Å². The van der Waals surface area contributed by atoms with E-state index >= 15 is 0 Å². The first-order chi connectivity index (χ1) is 13.3. The zero-order chi connectivity index (χ0) is 18.9. The normalized spacial score (nSPS) is 20.0. The van der Waals surface area contributed by atoms with Crippen molar-refractivity contribution in [1.29, 1.82) is 0 Å². The fourth-order valence-corrected chi connectivity index (χ4v) is 4.06. The van der Waals surface area contributed by atoms with E-state index in [0.29, 0.717) is 18.4 Å². The van der Waals surface area contributed by atoms with Crippen LogP contribution in [0.3, 0.4) is 0 Å². The molecule has 142 valence electrons. The fourth-order valence-electron chi connectivity index (χ4n) is 4.06. The van der Waals surface area contributed by atoms with Crippen molar-refractivity contribution < 1.29 is 4.74 Å².